The summed E-state index contributed by atoms with van der Waals surface area (Å²) in [5.41, 5.74) is 2.17. The minimum Gasteiger partial charge on any atom is -0.493 e. The summed E-state index contributed by atoms with van der Waals surface area (Å²) in [5, 5.41) is 0. The van der Waals surface area contributed by atoms with Gasteiger partial charge in [-0.15, -0.1) is 0 Å². The maximum Gasteiger partial charge on any atom is 0.121 e. The summed E-state index contributed by atoms with van der Waals surface area (Å²) in [6.07, 6.45) is 2.96. The van der Waals surface area contributed by atoms with Gasteiger partial charge in [0.25, 0.3) is 0 Å². The summed E-state index contributed by atoms with van der Waals surface area (Å²) in [5.74, 6) is 0.935. The van der Waals surface area contributed by atoms with Gasteiger partial charge in [0.2, 0.25) is 0 Å². The molecule has 0 atom stereocenters. The first-order valence-corrected chi connectivity index (χ1v) is 7.97. The average molecular weight is 289 g/mol. The van der Waals surface area contributed by atoms with Crippen molar-refractivity contribution in [2.24, 2.45) is 0 Å². The van der Waals surface area contributed by atoms with E-state index in [0.717, 1.165) is 49.4 Å². The molecular weight excluding hydrogens is 262 g/mol. The number of imidazole rings is 1. The SMILES string of the molecule is CCN(CC)CCCOc1ccc2ncn(C(C)C)c2c1. The van der Waals surface area contributed by atoms with Crippen LogP contribution in [0.1, 0.15) is 40.2 Å². The standard InChI is InChI=1S/C17H27N3O/c1-5-19(6-2)10-7-11-21-15-8-9-16-17(12-15)20(13-18-16)14(3)4/h8-9,12-14H,5-7,10-11H2,1-4H3. The number of hydrogen-bond donors (Lipinski definition) is 0. The van der Waals surface area contributed by atoms with Crippen molar-refractivity contribution in [3.8, 4) is 5.75 Å². The van der Waals surface area contributed by atoms with Gasteiger partial charge in [-0.3, -0.25) is 0 Å². The Labute approximate surface area is 127 Å². The van der Waals surface area contributed by atoms with Gasteiger partial charge in [0, 0.05) is 18.7 Å². The van der Waals surface area contributed by atoms with E-state index in [1.165, 1.54) is 0 Å². The number of benzene rings is 1. The smallest absolute Gasteiger partial charge is 0.121 e. The Kier molecular flexibility index (Phi) is 5.62. The molecule has 1 heterocycles. The number of ether oxygens (including phenoxy) is 1. The fraction of sp³-hybridized carbons (Fsp3) is 0.588. The third-order valence-corrected chi connectivity index (χ3v) is 3.88. The molecule has 0 aliphatic carbocycles. The van der Waals surface area contributed by atoms with E-state index >= 15 is 0 Å². The van der Waals surface area contributed by atoms with Crippen LogP contribution in [0.2, 0.25) is 0 Å². The molecule has 0 saturated heterocycles. The van der Waals surface area contributed by atoms with Crippen LogP contribution in [0.4, 0.5) is 0 Å². The topological polar surface area (TPSA) is 30.3 Å². The Morgan fingerprint density at radius 2 is 2.00 bits per heavy atom. The molecule has 0 N–H and O–H groups in total. The van der Waals surface area contributed by atoms with Gasteiger partial charge in [-0.05, 0) is 45.5 Å². The minimum atomic E-state index is 0.410. The van der Waals surface area contributed by atoms with Crippen LogP contribution in [0.5, 0.6) is 5.75 Å². The quantitative estimate of drug-likeness (QED) is 0.694. The maximum absolute atomic E-state index is 5.89. The molecule has 4 heteroatoms. The normalized spacial score (nSPS) is 11.7. The Morgan fingerprint density at radius 3 is 2.67 bits per heavy atom. The fourth-order valence-corrected chi connectivity index (χ4v) is 2.53. The van der Waals surface area contributed by atoms with Crippen LogP contribution >= 0.6 is 0 Å². The van der Waals surface area contributed by atoms with E-state index in [1.54, 1.807) is 0 Å². The monoisotopic (exact) mass is 289 g/mol. The molecule has 2 aromatic rings. The predicted molar refractivity (Wildman–Crippen MR) is 88.0 cm³/mol. The summed E-state index contributed by atoms with van der Waals surface area (Å²) >= 11 is 0. The van der Waals surface area contributed by atoms with Crippen LogP contribution in [0.25, 0.3) is 11.0 Å². The summed E-state index contributed by atoms with van der Waals surface area (Å²) < 4.78 is 8.07. The molecule has 116 valence electrons. The minimum absolute atomic E-state index is 0.410. The molecular formula is C17H27N3O. The van der Waals surface area contributed by atoms with E-state index in [9.17, 15) is 0 Å². The Balaban J connectivity index is 1.95. The van der Waals surface area contributed by atoms with Crippen LogP contribution in [0.15, 0.2) is 24.5 Å². The summed E-state index contributed by atoms with van der Waals surface area (Å²) in [7, 11) is 0. The lowest BCUT2D eigenvalue weighted by atomic mass is 10.2. The molecule has 21 heavy (non-hydrogen) atoms. The zero-order valence-electron chi connectivity index (χ0n) is 13.7. The van der Waals surface area contributed by atoms with E-state index < -0.39 is 0 Å². The highest BCUT2D eigenvalue weighted by Crippen LogP contribution is 2.22. The molecule has 2 rings (SSSR count). The second-order valence-corrected chi connectivity index (χ2v) is 5.63. The average Bonchev–Trinajstić information content (AvgIpc) is 2.90. The van der Waals surface area contributed by atoms with Crippen LogP contribution in [-0.2, 0) is 0 Å². The first-order valence-electron chi connectivity index (χ1n) is 7.97. The van der Waals surface area contributed by atoms with E-state index in [0.29, 0.717) is 6.04 Å². The van der Waals surface area contributed by atoms with E-state index in [2.05, 4.69) is 48.2 Å². The third-order valence-electron chi connectivity index (χ3n) is 3.88. The second-order valence-electron chi connectivity index (χ2n) is 5.63. The highest BCUT2D eigenvalue weighted by molar-refractivity contribution is 5.77. The van der Waals surface area contributed by atoms with Crippen molar-refractivity contribution in [2.45, 2.75) is 40.2 Å². The molecule has 0 saturated carbocycles. The molecule has 1 aromatic carbocycles. The van der Waals surface area contributed by atoms with Crippen molar-refractivity contribution in [3.63, 3.8) is 0 Å². The van der Waals surface area contributed by atoms with Gasteiger partial charge < -0.3 is 14.2 Å². The predicted octanol–water partition coefficient (Wildman–Crippen LogP) is 3.73. The van der Waals surface area contributed by atoms with Crippen LogP contribution in [0.3, 0.4) is 0 Å². The molecule has 0 spiro atoms. The van der Waals surface area contributed by atoms with Gasteiger partial charge in [-0.25, -0.2) is 4.98 Å². The third kappa shape index (κ3) is 3.97. The van der Waals surface area contributed by atoms with E-state index in [-0.39, 0.29) is 0 Å². The van der Waals surface area contributed by atoms with E-state index in [4.69, 9.17) is 4.74 Å². The first kappa shape index (κ1) is 15.8. The van der Waals surface area contributed by atoms with Crippen molar-refractivity contribution in [3.05, 3.63) is 24.5 Å². The van der Waals surface area contributed by atoms with Crippen molar-refractivity contribution in [1.82, 2.24) is 14.5 Å². The fourth-order valence-electron chi connectivity index (χ4n) is 2.53. The largest absolute Gasteiger partial charge is 0.493 e. The second kappa shape index (κ2) is 7.46. The number of fused-ring (bicyclic) bond motifs is 1. The lowest BCUT2D eigenvalue weighted by Gasteiger charge is -2.17. The molecule has 0 aliphatic rings. The molecule has 0 aliphatic heterocycles. The summed E-state index contributed by atoms with van der Waals surface area (Å²) in [6.45, 7) is 12.8. The lowest BCUT2D eigenvalue weighted by molar-refractivity contribution is 0.249. The molecule has 0 unspecified atom stereocenters. The van der Waals surface area contributed by atoms with Crippen LogP contribution < -0.4 is 4.74 Å². The molecule has 4 nitrogen and oxygen atoms in total. The summed E-state index contributed by atoms with van der Waals surface area (Å²) in [6, 6.07) is 6.55. The number of aromatic nitrogens is 2. The molecule has 0 amide bonds. The van der Waals surface area contributed by atoms with Gasteiger partial charge in [0.15, 0.2) is 0 Å². The molecule has 1 aromatic heterocycles. The van der Waals surface area contributed by atoms with Crippen molar-refractivity contribution < 1.29 is 4.74 Å². The number of nitrogens with zero attached hydrogens (tertiary/aromatic N) is 3. The van der Waals surface area contributed by atoms with Gasteiger partial charge in [-0.2, -0.15) is 0 Å². The molecule has 0 bridgehead atoms. The van der Waals surface area contributed by atoms with Crippen molar-refractivity contribution >= 4 is 11.0 Å². The van der Waals surface area contributed by atoms with Gasteiger partial charge in [-0.1, -0.05) is 13.8 Å². The van der Waals surface area contributed by atoms with Gasteiger partial charge in [0.1, 0.15) is 5.75 Å². The number of rotatable bonds is 8. The highest BCUT2D eigenvalue weighted by atomic mass is 16.5. The maximum atomic E-state index is 5.89. The van der Waals surface area contributed by atoms with Crippen molar-refractivity contribution in [1.29, 1.82) is 0 Å². The molecule has 0 fully saturated rings. The molecule has 0 radical (unpaired) electrons. The zero-order valence-corrected chi connectivity index (χ0v) is 13.7. The summed E-state index contributed by atoms with van der Waals surface area (Å²) in [4.78, 5) is 6.84. The van der Waals surface area contributed by atoms with Gasteiger partial charge >= 0.3 is 0 Å². The van der Waals surface area contributed by atoms with Gasteiger partial charge in [0.05, 0.1) is 24.0 Å². The van der Waals surface area contributed by atoms with Crippen molar-refractivity contribution in [2.75, 3.05) is 26.2 Å². The van der Waals surface area contributed by atoms with Crippen LogP contribution in [0, 0.1) is 0 Å². The lowest BCUT2D eigenvalue weighted by Crippen LogP contribution is -2.25. The Morgan fingerprint density at radius 1 is 1.24 bits per heavy atom. The van der Waals surface area contributed by atoms with E-state index in [1.807, 2.05) is 18.5 Å². The number of hydrogen-bond acceptors (Lipinski definition) is 3. The van der Waals surface area contributed by atoms with Crippen LogP contribution in [-0.4, -0.2) is 40.7 Å². The Bertz CT molecular complexity index is 558. The first-order chi connectivity index (χ1) is 10.2. The highest BCUT2D eigenvalue weighted by Gasteiger charge is 2.07. The zero-order chi connectivity index (χ0) is 15.2. The Hall–Kier alpha value is -1.55.